The van der Waals surface area contributed by atoms with Crippen molar-refractivity contribution < 1.29 is 50.1 Å². The minimum atomic E-state index is -5.06. The fraction of sp³-hybridized carbons (Fsp3) is 0.161. The van der Waals surface area contributed by atoms with Gasteiger partial charge >= 0.3 is 12.8 Å². The maximum absolute atomic E-state index is 15.2. The van der Waals surface area contributed by atoms with Gasteiger partial charge in [-0.15, -0.1) is 0 Å². The summed E-state index contributed by atoms with van der Waals surface area (Å²) in [6.45, 7) is -2.01. The lowest BCUT2D eigenvalue weighted by Gasteiger charge is -2.18. The van der Waals surface area contributed by atoms with E-state index in [9.17, 15) is 31.5 Å². The third-order valence-electron chi connectivity index (χ3n) is 6.74. The molecule has 0 fully saturated rings. The highest BCUT2D eigenvalue weighted by Crippen LogP contribution is 2.38. The smallest absolute Gasteiger partial charge is 0.431 e. The van der Waals surface area contributed by atoms with Gasteiger partial charge in [0, 0.05) is 35.5 Å². The molecule has 0 aliphatic heterocycles. The van der Waals surface area contributed by atoms with Crippen LogP contribution in [0.3, 0.4) is 0 Å². The zero-order valence-corrected chi connectivity index (χ0v) is 24.5. The maximum atomic E-state index is 15.2. The Kier molecular flexibility index (Phi) is 8.94. The second-order valence-corrected chi connectivity index (χ2v) is 9.69. The average Bonchev–Trinajstić information content (AvgIpc) is 3.01. The molecule has 3 heterocycles. The van der Waals surface area contributed by atoms with E-state index in [4.69, 9.17) is 14.2 Å². The SMILES string of the molecule is COc1cc2nccc(Oc3ccc(NC(=O)c4ccc(C(F)(F)F)n(-c5cnc(OC(F)F)cc5C)c4=O)cc3F)c2cc1OC. The lowest BCUT2D eigenvalue weighted by Crippen LogP contribution is -2.33. The van der Waals surface area contributed by atoms with E-state index in [0.29, 0.717) is 34.5 Å². The van der Waals surface area contributed by atoms with Gasteiger partial charge in [0.1, 0.15) is 17.0 Å². The molecule has 2 aromatic carbocycles. The van der Waals surface area contributed by atoms with Gasteiger partial charge in [-0.3, -0.25) is 19.1 Å². The number of ether oxygens (including phenoxy) is 4. The number of nitrogens with zero attached hydrogens (tertiary/aromatic N) is 3. The number of anilines is 1. The quantitative estimate of drug-likeness (QED) is 0.170. The van der Waals surface area contributed by atoms with E-state index in [-0.39, 0.29) is 27.3 Å². The molecular weight excluding hydrogens is 638 g/mol. The molecule has 47 heavy (non-hydrogen) atoms. The summed E-state index contributed by atoms with van der Waals surface area (Å²) in [4.78, 5) is 34.2. The summed E-state index contributed by atoms with van der Waals surface area (Å²) in [6.07, 6.45) is -2.89. The lowest BCUT2D eigenvalue weighted by molar-refractivity contribution is -0.142. The maximum Gasteiger partial charge on any atom is 0.431 e. The fourth-order valence-electron chi connectivity index (χ4n) is 4.60. The first kappa shape index (κ1) is 32.6. The Morgan fingerprint density at radius 1 is 0.915 bits per heavy atom. The molecular formula is C31H22F6N4O6. The summed E-state index contributed by atoms with van der Waals surface area (Å²) < 4.78 is 103. The van der Waals surface area contributed by atoms with E-state index in [1.165, 1.54) is 45.5 Å². The summed E-state index contributed by atoms with van der Waals surface area (Å²) >= 11 is 0. The molecule has 1 N–H and O–H groups in total. The molecule has 16 heteroatoms. The van der Waals surface area contributed by atoms with Crippen LogP contribution in [0.5, 0.6) is 28.9 Å². The first-order valence-corrected chi connectivity index (χ1v) is 13.3. The molecule has 0 saturated carbocycles. The van der Waals surface area contributed by atoms with Crippen molar-refractivity contribution in [1.29, 1.82) is 0 Å². The van der Waals surface area contributed by atoms with Crippen LogP contribution in [0, 0.1) is 12.7 Å². The number of rotatable bonds is 9. The van der Waals surface area contributed by atoms with Crippen molar-refractivity contribution in [1.82, 2.24) is 14.5 Å². The number of methoxy groups -OCH3 is 2. The molecule has 0 bridgehead atoms. The summed E-state index contributed by atoms with van der Waals surface area (Å²) in [5, 5.41) is 2.76. The summed E-state index contributed by atoms with van der Waals surface area (Å²) in [5.74, 6) is -1.91. The van der Waals surface area contributed by atoms with Gasteiger partial charge in [-0.1, -0.05) is 0 Å². The van der Waals surface area contributed by atoms with Crippen LogP contribution >= 0.6 is 0 Å². The first-order chi connectivity index (χ1) is 22.3. The van der Waals surface area contributed by atoms with Crippen molar-refractivity contribution in [2.24, 2.45) is 0 Å². The normalized spacial score (nSPS) is 11.4. The number of carbonyl (C=O) groups is 1. The number of amides is 1. The molecule has 0 aliphatic carbocycles. The number of nitrogens with one attached hydrogen (secondary N) is 1. The molecule has 1 amide bonds. The summed E-state index contributed by atoms with van der Waals surface area (Å²) in [5.41, 5.74) is -3.80. The molecule has 0 spiro atoms. The fourth-order valence-corrected chi connectivity index (χ4v) is 4.60. The van der Waals surface area contributed by atoms with Gasteiger partial charge in [0.25, 0.3) is 11.5 Å². The van der Waals surface area contributed by atoms with E-state index in [0.717, 1.165) is 18.3 Å². The second kappa shape index (κ2) is 12.9. The molecule has 244 valence electrons. The monoisotopic (exact) mass is 660 g/mol. The molecule has 0 atom stereocenters. The van der Waals surface area contributed by atoms with Gasteiger partial charge in [-0.25, -0.2) is 9.37 Å². The highest BCUT2D eigenvalue weighted by Gasteiger charge is 2.36. The number of halogens is 6. The van der Waals surface area contributed by atoms with E-state index in [1.54, 1.807) is 12.1 Å². The number of hydrogen-bond donors (Lipinski definition) is 1. The molecule has 5 aromatic rings. The minimum Gasteiger partial charge on any atom is -0.493 e. The van der Waals surface area contributed by atoms with E-state index >= 15 is 4.39 Å². The molecule has 3 aromatic heterocycles. The number of alkyl halides is 5. The van der Waals surface area contributed by atoms with Crippen molar-refractivity contribution in [3.63, 3.8) is 0 Å². The Balaban J connectivity index is 1.44. The third kappa shape index (κ3) is 6.75. The zero-order valence-electron chi connectivity index (χ0n) is 24.5. The van der Waals surface area contributed by atoms with Crippen molar-refractivity contribution in [3.05, 3.63) is 100.0 Å². The van der Waals surface area contributed by atoms with Gasteiger partial charge in [0.15, 0.2) is 23.1 Å². The highest BCUT2D eigenvalue weighted by atomic mass is 19.4. The average molecular weight is 661 g/mol. The summed E-state index contributed by atoms with van der Waals surface area (Å²) in [7, 11) is 2.90. The van der Waals surface area contributed by atoms with Gasteiger partial charge in [0.05, 0.1) is 31.6 Å². The minimum absolute atomic E-state index is 0.0852. The second-order valence-electron chi connectivity index (χ2n) is 9.69. The van der Waals surface area contributed by atoms with Crippen LogP contribution in [0.25, 0.3) is 16.6 Å². The standard InChI is InChI=1S/C31H22F6N4O6/c1-15-10-27(47-30(33)34)39-14-21(15)41-26(31(35,36)37)7-5-17(29(41)43)28(42)40-16-4-6-23(19(32)11-16)46-22-8-9-38-20-13-25(45-3)24(44-2)12-18(20)22/h4-14,30H,1-3H3,(H,40,42). The number of carbonyl (C=O) groups excluding carboxylic acids is 1. The molecule has 0 unspecified atom stereocenters. The van der Waals surface area contributed by atoms with Crippen LogP contribution in [-0.4, -0.2) is 41.3 Å². The number of hydrogen-bond acceptors (Lipinski definition) is 8. The van der Waals surface area contributed by atoms with Crippen molar-refractivity contribution in [3.8, 4) is 34.6 Å². The Labute approximate surface area is 261 Å². The number of aromatic nitrogens is 3. The predicted molar refractivity (Wildman–Crippen MR) is 155 cm³/mol. The van der Waals surface area contributed by atoms with Gasteiger partial charge in [-0.05, 0) is 48.9 Å². The Bertz CT molecular complexity index is 2050. The largest absolute Gasteiger partial charge is 0.493 e. The highest BCUT2D eigenvalue weighted by molar-refractivity contribution is 6.04. The van der Waals surface area contributed by atoms with E-state index in [1.807, 2.05) is 0 Å². The first-order valence-electron chi connectivity index (χ1n) is 13.3. The number of fused-ring (bicyclic) bond motifs is 1. The molecule has 0 radical (unpaired) electrons. The number of aryl methyl sites for hydroxylation is 1. The van der Waals surface area contributed by atoms with Crippen LogP contribution < -0.4 is 29.8 Å². The molecule has 0 saturated heterocycles. The predicted octanol–water partition coefficient (Wildman–Crippen LogP) is 6.91. The number of benzene rings is 2. The number of pyridine rings is 3. The Morgan fingerprint density at radius 2 is 1.64 bits per heavy atom. The van der Waals surface area contributed by atoms with Crippen LogP contribution in [0.1, 0.15) is 21.6 Å². The van der Waals surface area contributed by atoms with Gasteiger partial charge < -0.3 is 24.3 Å². The van der Waals surface area contributed by atoms with E-state index in [2.05, 4.69) is 20.0 Å². The lowest BCUT2D eigenvalue weighted by atomic mass is 10.1. The molecule has 10 nitrogen and oxygen atoms in total. The van der Waals surface area contributed by atoms with Crippen LogP contribution in [-0.2, 0) is 6.18 Å². The van der Waals surface area contributed by atoms with Crippen LogP contribution in [0.2, 0.25) is 0 Å². The Hall–Kier alpha value is -5.80. The third-order valence-corrected chi connectivity index (χ3v) is 6.74. The van der Waals surface area contributed by atoms with Crippen LogP contribution in [0.4, 0.5) is 32.0 Å². The van der Waals surface area contributed by atoms with Crippen LogP contribution in [0.15, 0.2) is 71.8 Å². The Morgan fingerprint density at radius 3 is 2.28 bits per heavy atom. The van der Waals surface area contributed by atoms with Gasteiger partial charge in [0.2, 0.25) is 5.88 Å². The van der Waals surface area contributed by atoms with Crippen molar-refractivity contribution in [2.75, 3.05) is 19.5 Å². The topological polar surface area (TPSA) is 114 Å². The van der Waals surface area contributed by atoms with Crippen molar-refractivity contribution >= 4 is 22.5 Å². The summed E-state index contributed by atoms with van der Waals surface area (Å²) in [6, 6.07) is 10.1. The van der Waals surface area contributed by atoms with E-state index < -0.39 is 52.9 Å². The van der Waals surface area contributed by atoms with Gasteiger partial charge in [-0.2, -0.15) is 22.0 Å². The molecule has 0 aliphatic rings. The van der Waals surface area contributed by atoms with Crippen molar-refractivity contribution in [2.45, 2.75) is 19.7 Å². The molecule has 5 rings (SSSR count). The zero-order chi connectivity index (χ0) is 34.0.